The molecule has 3 aromatic rings. The molecule has 10 heteroatoms. The maximum Gasteiger partial charge on any atom is 0.248 e. The molecule has 8 nitrogen and oxygen atoms in total. The number of sulfonamides is 1. The third-order valence-electron chi connectivity index (χ3n) is 4.90. The first-order chi connectivity index (χ1) is 13.4. The van der Waals surface area contributed by atoms with Crippen LogP contribution in [0.2, 0.25) is 0 Å². The number of hydrogen-bond donors (Lipinski definition) is 0. The van der Waals surface area contributed by atoms with Gasteiger partial charge in [0.15, 0.2) is 5.76 Å². The van der Waals surface area contributed by atoms with E-state index < -0.39 is 10.0 Å². The smallest absolute Gasteiger partial charge is 0.248 e. The molecule has 1 saturated heterocycles. The van der Waals surface area contributed by atoms with Crippen molar-refractivity contribution < 1.29 is 21.7 Å². The van der Waals surface area contributed by atoms with Gasteiger partial charge in [0.25, 0.3) is 0 Å². The Morgan fingerprint density at radius 2 is 1.79 bits per heavy atom. The minimum atomic E-state index is -3.65. The molecule has 1 fully saturated rings. The van der Waals surface area contributed by atoms with E-state index in [0.717, 1.165) is 0 Å². The molecule has 1 aliphatic rings. The summed E-state index contributed by atoms with van der Waals surface area (Å²) in [6.07, 6.45) is 1.13. The quantitative estimate of drug-likeness (QED) is 0.656. The van der Waals surface area contributed by atoms with Gasteiger partial charge in [-0.25, -0.2) is 12.8 Å². The molecule has 0 N–H and O–H groups in total. The monoisotopic (exact) mass is 406 g/mol. The number of hydrogen-bond acceptors (Lipinski definition) is 7. The standard InChI is InChI=1S/C18H19FN4O4S/c1-11-16(12(2)27-22-11)28(24,25)23-9-7-14(8-10-23)18-21-20-17(26-18)13-3-5-15(19)6-4-13/h3-6,14H,7-10H2,1-2H3. The molecule has 0 radical (unpaired) electrons. The molecule has 0 amide bonds. The summed E-state index contributed by atoms with van der Waals surface area (Å²) in [5, 5.41) is 11.9. The van der Waals surface area contributed by atoms with E-state index in [1.54, 1.807) is 26.0 Å². The molecule has 2 aromatic heterocycles. The summed E-state index contributed by atoms with van der Waals surface area (Å²) in [6.45, 7) is 3.89. The van der Waals surface area contributed by atoms with E-state index in [-0.39, 0.29) is 16.6 Å². The summed E-state index contributed by atoms with van der Waals surface area (Å²) in [6, 6.07) is 5.81. The number of benzene rings is 1. The number of rotatable bonds is 4. The molecule has 1 aromatic carbocycles. The van der Waals surface area contributed by atoms with Gasteiger partial charge in [-0.3, -0.25) is 0 Å². The molecule has 0 aliphatic carbocycles. The van der Waals surface area contributed by atoms with Gasteiger partial charge in [0, 0.05) is 24.6 Å². The van der Waals surface area contributed by atoms with Crippen LogP contribution in [0.3, 0.4) is 0 Å². The van der Waals surface area contributed by atoms with E-state index in [4.69, 9.17) is 8.94 Å². The lowest BCUT2D eigenvalue weighted by Gasteiger charge is -2.29. The van der Waals surface area contributed by atoms with E-state index in [9.17, 15) is 12.8 Å². The Hall–Kier alpha value is -2.59. The molecule has 0 saturated carbocycles. The van der Waals surface area contributed by atoms with Gasteiger partial charge in [0.05, 0.1) is 0 Å². The normalized spacial score (nSPS) is 16.5. The van der Waals surface area contributed by atoms with Gasteiger partial charge in [0.1, 0.15) is 16.4 Å². The van der Waals surface area contributed by atoms with E-state index in [2.05, 4.69) is 15.4 Å². The largest absolute Gasteiger partial charge is 0.420 e. The fourth-order valence-electron chi connectivity index (χ4n) is 3.42. The van der Waals surface area contributed by atoms with Gasteiger partial charge in [-0.05, 0) is 51.0 Å². The topological polar surface area (TPSA) is 102 Å². The second-order valence-electron chi connectivity index (χ2n) is 6.78. The lowest BCUT2D eigenvalue weighted by atomic mass is 9.98. The first-order valence-corrected chi connectivity index (χ1v) is 10.3. The highest BCUT2D eigenvalue weighted by Gasteiger charge is 2.35. The average molecular weight is 406 g/mol. The van der Waals surface area contributed by atoms with Crippen LogP contribution in [0.5, 0.6) is 0 Å². The first-order valence-electron chi connectivity index (χ1n) is 8.88. The van der Waals surface area contributed by atoms with Gasteiger partial charge >= 0.3 is 0 Å². The second-order valence-corrected chi connectivity index (χ2v) is 8.66. The first kappa shape index (κ1) is 18.8. The van der Waals surface area contributed by atoms with Crippen molar-refractivity contribution in [3.63, 3.8) is 0 Å². The minimum absolute atomic E-state index is 0.0298. The van der Waals surface area contributed by atoms with Crippen LogP contribution in [0, 0.1) is 19.7 Å². The van der Waals surface area contributed by atoms with E-state index in [1.807, 2.05) is 0 Å². The Morgan fingerprint density at radius 3 is 2.39 bits per heavy atom. The highest BCUT2D eigenvalue weighted by molar-refractivity contribution is 7.89. The summed E-state index contributed by atoms with van der Waals surface area (Å²) < 4.78 is 51.0. The number of halogens is 1. The number of nitrogens with zero attached hydrogens (tertiary/aromatic N) is 4. The fraction of sp³-hybridized carbons (Fsp3) is 0.389. The predicted molar refractivity (Wildman–Crippen MR) is 96.4 cm³/mol. The van der Waals surface area contributed by atoms with Crippen molar-refractivity contribution >= 4 is 10.0 Å². The Bertz CT molecular complexity index is 1060. The van der Waals surface area contributed by atoms with E-state index >= 15 is 0 Å². The Kier molecular flexibility index (Phi) is 4.76. The SMILES string of the molecule is Cc1noc(C)c1S(=O)(=O)N1CCC(c2nnc(-c3ccc(F)cc3)o2)CC1. The van der Waals surface area contributed by atoms with Crippen molar-refractivity contribution in [3.05, 3.63) is 47.4 Å². The van der Waals surface area contributed by atoms with Crippen molar-refractivity contribution in [2.75, 3.05) is 13.1 Å². The molecule has 0 atom stereocenters. The lowest BCUT2D eigenvalue weighted by molar-refractivity contribution is 0.291. The van der Waals surface area contributed by atoms with Crippen LogP contribution >= 0.6 is 0 Å². The van der Waals surface area contributed by atoms with E-state index in [0.29, 0.717) is 54.7 Å². The molecular formula is C18H19FN4O4S. The van der Waals surface area contributed by atoms with Crippen LogP contribution in [0.1, 0.15) is 36.1 Å². The Morgan fingerprint density at radius 1 is 1.11 bits per heavy atom. The molecule has 0 spiro atoms. The zero-order valence-corrected chi connectivity index (χ0v) is 16.2. The number of piperidine rings is 1. The molecule has 148 valence electrons. The van der Waals surface area contributed by atoms with Crippen LogP contribution in [-0.4, -0.2) is 41.2 Å². The summed E-state index contributed by atoms with van der Waals surface area (Å²) >= 11 is 0. The van der Waals surface area contributed by atoms with Gasteiger partial charge in [-0.2, -0.15) is 4.31 Å². The third-order valence-corrected chi connectivity index (χ3v) is 7.04. The van der Waals surface area contributed by atoms with Crippen molar-refractivity contribution in [1.82, 2.24) is 19.7 Å². The highest BCUT2D eigenvalue weighted by atomic mass is 32.2. The van der Waals surface area contributed by atoms with Crippen molar-refractivity contribution in [3.8, 4) is 11.5 Å². The molecule has 0 unspecified atom stereocenters. The van der Waals surface area contributed by atoms with Crippen LogP contribution < -0.4 is 0 Å². The summed E-state index contributed by atoms with van der Waals surface area (Å²) in [4.78, 5) is 0.141. The van der Waals surface area contributed by atoms with Crippen molar-refractivity contribution in [1.29, 1.82) is 0 Å². The fourth-order valence-corrected chi connectivity index (χ4v) is 5.18. The maximum atomic E-state index is 13.1. The van der Waals surface area contributed by atoms with Gasteiger partial charge in [-0.15, -0.1) is 10.2 Å². The van der Waals surface area contributed by atoms with E-state index in [1.165, 1.54) is 16.4 Å². The zero-order chi connectivity index (χ0) is 19.9. The number of aryl methyl sites for hydroxylation is 2. The molecule has 4 rings (SSSR count). The molecule has 3 heterocycles. The average Bonchev–Trinajstić information content (AvgIpc) is 3.30. The lowest BCUT2D eigenvalue weighted by Crippen LogP contribution is -2.38. The molecule has 28 heavy (non-hydrogen) atoms. The van der Waals surface area contributed by atoms with Crippen LogP contribution in [0.25, 0.3) is 11.5 Å². The molecular weight excluding hydrogens is 387 g/mol. The third kappa shape index (κ3) is 3.33. The summed E-state index contributed by atoms with van der Waals surface area (Å²) in [5.41, 5.74) is 0.999. The molecule has 1 aliphatic heterocycles. The zero-order valence-electron chi connectivity index (χ0n) is 15.4. The highest BCUT2D eigenvalue weighted by Crippen LogP contribution is 2.32. The predicted octanol–water partition coefficient (Wildman–Crippen LogP) is 3.05. The van der Waals surface area contributed by atoms with Crippen molar-refractivity contribution in [2.24, 2.45) is 0 Å². The maximum absolute atomic E-state index is 13.1. The minimum Gasteiger partial charge on any atom is -0.420 e. The Labute approximate surface area is 161 Å². The van der Waals surface area contributed by atoms with Crippen LogP contribution in [0.4, 0.5) is 4.39 Å². The van der Waals surface area contributed by atoms with Crippen LogP contribution in [0.15, 0.2) is 38.1 Å². The summed E-state index contributed by atoms with van der Waals surface area (Å²) in [5.74, 6) is 0.711. The summed E-state index contributed by atoms with van der Waals surface area (Å²) in [7, 11) is -3.65. The Balaban J connectivity index is 1.47. The molecule has 0 bridgehead atoms. The van der Waals surface area contributed by atoms with Gasteiger partial charge in [-0.1, -0.05) is 5.16 Å². The second kappa shape index (κ2) is 7.10. The van der Waals surface area contributed by atoms with Gasteiger partial charge < -0.3 is 8.94 Å². The number of aromatic nitrogens is 3. The van der Waals surface area contributed by atoms with Crippen LogP contribution in [-0.2, 0) is 10.0 Å². The van der Waals surface area contributed by atoms with Gasteiger partial charge in [0.2, 0.25) is 21.8 Å². The van der Waals surface area contributed by atoms with Crippen molar-refractivity contribution in [2.45, 2.75) is 37.5 Å².